The summed E-state index contributed by atoms with van der Waals surface area (Å²) in [7, 11) is 0. The average molecular weight is 281 g/mol. The Kier molecular flexibility index (Phi) is 9.88. The van der Waals surface area contributed by atoms with Crippen molar-refractivity contribution in [2.75, 3.05) is 26.2 Å². The number of nitrogens with zero attached hydrogens (tertiary/aromatic N) is 2. The number of hydrogen-bond donors (Lipinski definition) is 1. The quantitative estimate of drug-likeness (QED) is 0.628. The van der Waals surface area contributed by atoms with Crippen LogP contribution in [0, 0.1) is 23.2 Å². The van der Waals surface area contributed by atoms with Crippen LogP contribution in [0.15, 0.2) is 0 Å². The van der Waals surface area contributed by atoms with Gasteiger partial charge in [-0.25, -0.2) is 0 Å². The van der Waals surface area contributed by atoms with Gasteiger partial charge in [-0.05, 0) is 57.7 Å². The number of nitrogens with one attached hydrogen (secondary N) is 1. The molecule has 0 saturated carbocycles. The van der Waals surface area contributed by atoms with Crippen LogP contribution in [0.2, 0.25) is 0 Å². The van der Waals surface area contributed by atoms with Crippen molar-refractivity contribution in [2.45, 2.75) is 66.3 Å². The van der Waals surface area contributed by atoms with E-state index in [2.05, 4.69) is 50.9 Å². The Balaban J connectivity index is 4.35. The molecule has 0 saturated heterocycles. The molecule has 0 aromatic carbocycles. The van der Waals surface area contributed by atoms with Crippen molar-refractivity contribution < 1.29 is 0 Å². The molecule has 0 aliphatic heterocycles. The van der Waals surface area contributed by atoms with Crippen molar-refractivity contribution in [2.24, 2.45) is 11.8 Å². The lowest BCUT2D eigenvalue weighted by Crippen LogP contribution is -2.44. The molecule has 0 rings (SSSR count). The predicted octanol–water partition coefficient (Wildman–Crippen LogP) is 3.66. The second-order valence-corrected chi connectivity index (χ2v) is 6.93. The standard InChI is InChI=1S/C17H35N3/c1-7-19-17(6,14-18)10-13-20(11-8-15(2)3)12-9-16(4)5/h15-16,19H,7-13H2,1-6H3. The van der Waals surface area contributed by atoms with Gasteiger partial charge in [0.25, 0.3) is 0 Å². The molecular formula is C17H35N3. The monoisotopic (exact) mass is 281 g/mol. The zero-order valence-corrected chi connectivity index (χ0v) is 14.5. The van der Waals surface area contributed by atoms with Crippen molar-refractivity contribution in [3.05, 3.63) is 0 Å². The van der Waals surface area contributed by atoms with Gasteiger partial charge in [-0.2, -0.15) is 5.26 Å². The van der Waals surface area contributed by atoms with Gasteiger partial charge in [-0.1, -0.05) is 34.6 Å². The van der Waals surface area contributed by atoms with Crippen LogP contribution in [0.3, 0.4) is 0 Å². The Bertz CT molecular complexity index is 268. The fourth-order valence-electron chi connectivity index (χ4n) is 2.17. The summed E-state index contributed by atoms with van der Waals surface area (Å²) in [5, 5.41) is 12.6. The fourth-order valence-corrected chi connectivity index (χ4v) is 2.17. The van der Waals surface area contributed by atoms with Crippen LogP contribution in [0.1, 0.15) is 60.8 Å². The first-order valence-electron chi connectivity index (χ1n) is 8.21. The first-order chi connectivity index (χ1) is 9.33. The van der Waals surface area contributed by atoms with Crippen LogP contribution in [0.5, 0.6) is 0 Å². The average Bonchev–Trinajstić information content (AvgIpc) is 2.37. The third kappa shape index (κ3) is 9.34. The molecule has 3 nitrogen and oxygen atoms in total. The minimum atomic E-state index is -0.386. The molecular weight excluding hydrogens is 246 g/mol. The molecule has 0 bridgehead atoms. The molecule has 0 aromatic heterocycles. The van der Waals surface area contributed by atoms with Gasteiger partial charge < -0.3 is 4.90 Å². The van der Waals surface area contributed by atoms with E-state index in [-0.39, 0.29) is 5.54 Å². The molecule has 20 heavy (non-hydrogen) atoms. The summed E-state index contributed by atoms with van der Waals surface area (Å²) in [6.45, 7) is 17.3. The van der Waals surface area contributed by atoms with Crippen LogP contribution in [-0.4, -0.2) is 36.6 Å². The Morgan fingerprint density at radius 3 is 1.90 bits per heavy atom. The van der Waals surface area contributed by atoms with Crippen LogP contribution in [-0.2, 0) is 0 Å². The van der Waals surface area contributed by atoms with Crippen LogP contribution >= 0.6 is 0 Å². The minimum absolute atomic E-state index is 0.386. The third-order valence-electron chi connectivity index (χ3n) is 3.79. The van der Waals surface area contributed by atoms with Crippen molar-refractivity contribution in [3.8, 4) is 6.07 Å². The van der Waals surface area contributed by atoms with Gasteiger partial charge in [0, 0.05) is 6.54 Å². The Hall–Kier alpha value is -0.590. The second-order valence-electron chi connectivity index (χ2n) is 6.93. The van der Waals surface area contributed by atoms with Crippen molar-refractivity contribution in [1.29, 1.82) is 5.26 Å². The maximum absolute atomic E-state index is 9.33. The molecule has 3 heteroatoms. The Labute approximate surface area is 126 Å². The summed E-state index contributed by atoms with van der Waals surface area (Å²) in [6.07, 6.45) is 3.37. The van der Waals surface area contributed by atoms with E-state index in [4.69, 9.17) is 0 Å². The van der Waals surface area contributed by atoms with Gasteiger partial charge in [0.15, 0.2) is 0 Å². The molecule has 118 valence electrons. The Morgan fingerprint density at radius 2 is 1.55 bits per heavy atom. The zero-order valence-electron chi connectivity index (χ0n) is 14.5. The van der Waals surface area contributed by atoms with Crippen molar-refractivity contribution >= 4 is 0 Å². The van der Waals surface area contributed by atoms with E-state index < -0.39 is 0 Å². The van der Waals surface area contributed by atoms with Gasteiger partial charge >= 0.3 is 0 Å². The smallest absolute Gasteiger partial charge is 0.105 e. The van der Waals surface area contributed by atoms with Gasteiger partial charge in [-0.15, -0.1) is 0 Å². The molecule has 0 aromatic rings. The largest absolute Gasteiger partial charge is 0.303 e. The SMILES string of the molecule is CCNC(C)(C#N)CCN(CCC(C)C)CCC(C)C. The highest BCUT2D eigenvalue weighted by Gasteiger charge is 2.23. The first-order valence-corrected chi connectivity index (χ1v) is 8.21. The lowest BCUT2D eigenvalue weighted by molar-refractivity contribution is 0.222. The van der Waals surface area contributed by atoms with Crippen LogP contribution in [0.25, 0.3) is 0 Å². The summed E-state index contributed by atoms with van der Waals surface area (Å²) >= 11 is 0. The van der Waals surface area contributed by atoms with Crippen LogP contribution in [0.4, 0.5) is 0 Å². The van der Waals surface area contributed by atoms with Gasteiger partial charge in [0.2, 0.25) is 0 Å². The molecule has 0 spiro atoms. The maximum Gasteiger partial charge on any atom is 0.105 e. The summed E-state index contributed by atoms with van der Waals surface area (Å²) in [6, 6.07) is 2.43. The highest BCUT2D eigenvalue weighted by Crippen LogP contribution is 2.12. The van der Waals surface area contributed by atoms with Crippen molar-refractivity contribution in [3.63, 3.8) is 0 Å². The van der Waals surface area contributed by atoms with E-state index in [0.29, 0.717) is 0 Å². The molecule has 0 amide bonds. The normalized spacial score (nSPS) is 14.8. The maximum atomic E-state index is 9.33. The zero-order chi connectivity index (χ0) is 15.6. The molecule has 0 radical (unpaired) electrons. The van der Waals surface area contributed by atoms with E-state index in [9.17, 15) is 5.26 Å². The van der Waals surface area contributed by atoms with E-state index in [1.54, 1.807) is 0 Å². The van der Waals surface area contributed by atoms with Gasteiger partial charge in [0.05, 0.1) is 6.07 Å². The van der Waals surface area contributed by atoms with Gasteiger partial charge in [-0.3, -0.25) is 5.32 Å². The molecule has 0 fully saturated rings. The predicted molar refractivity (Wildman–Crippen MR) is 87.7 cm³/mol. The fraction of sp³-hybridized carbons (Fsp3) is 0.941. The van der Waals surface area contributed by atoms with Gasteiger partial charge in [0.1, 0.15) is 5.54 Å². The highest BCUT2D eigenvalue weighted by atomic mass is 15.1. The number of nitriles is 1. The molecule has 1 unspecified atom stereocenters. The summed E-state index contributed by atoms with van der Waals surface area (Å²) in [5.41, 5.74) is -0.386. The number of hydrogen-bond acceptors (Lipinski definition) is 3. The molecule has 0 aliphatic carbocycles. The number of rotatable bonds is 11. The van der Waals surface area contributed by atoms with E-state index in [0.717, 1.165) is 44.4 Å². The molecule has 0 heterocycles. The second kappa shape index (κ2) is 10.2. The molecule has 1 atom stereocenters. The highest BCUT2D eigenvalue weighted by molar-refractivity contribution is 5.03. The summed E-state index contributed by atoms with van der Waals surface area (Å²) < 4.78 is 0. The van der Waals surface area contributed by atoms with E-state index >= 15 is 0 Å². The summed E-state index contributed by atoms with van der Waals surface area (Å²) in [4.78, 5) is 2.53. The minimum Gasteiger partial charge on any atom is -0.303 e. The lowest BCUT2D eigenvalue weighted by atomic mass is 9.99. The Morgan fingerprint density at radius 1 is 1.05 bits per heavy atom. The third-order valence-corrected chi connectivity index (χ3v) is 3.79. The van der Waals surface area contributed by atoms with Crippen LogP contribution < -0.4 is 5.32 Å². The van der Waals surface area contributed by atoms with E-state index in [1.165, 1.54) is 12.8 Å². The topological polar surface area (TPSA) is 39.1 Å². The summed E-state index contributed by atoms with van der Waals surface area (Å²) in [5.74, 6) is 1.49. The molecule has 0 aliphatic rings. The van der Waals surface area contributed by atoms with E-state index in [1.807, 2.05) is 6.92 Å². The lowest BCUT2D eigenvalue weighted by Gasteiger charge is -2.29. The first kappa shape index (κ1) is 19.4. The van der Waals surface area contributed by atoms with Crippen molar-refractivity contribution in [1.82, 2.24) is 10.2 Å². The molecule has 1 N–H and O–H groups in total.